The van der Waals surface area contributed by atoms with Crippen molar-refractivity contribution in [2.45, 2.75) is 129 Å². The first-order valence-electron chi connectivity index (χ1n) is 21.2. The average molecular weight is 783 g/mol. The fourth-order valence-corrected chi connectivity index (χ4v) is 6.15. The molecule has 0 aliphatic rings. The molecule has 3 aromatic carbocycles. The number of rotatable bonds is 31. The molecule has 0 N–H and O–H groups in total. The zero-order chi connectivity index (χ0) is 40.9. The van der Waals surface area contributed by atoms with Gasteiger partial charge in [-0.2, -0.15) is 0 Å². The molecule has 0 saturated heterocycles. The Morgan fingerprint density at radius 1 is 0.404 bits per heavy atom. The summed E-state index contributed by atoms with van der Waals surface area (Å²) < 4.78 is 27.7. The van der Waals surface area contributed by atoms with Crippen molar-refractivity contribution < 1.29 is 38.1 Å². The van der Waals surface area contributed by atoms with Crippen LogP contribution in [0.25, 0.3) is 11.1 Å². The predicted molar refractivity (Wildman–Crippen MR) is 229 cm³/mol. The van der Waals surface area contributed by atoms with Gasteiger partial charge in [0.2, 0.25) is 0 Å². The van der Waals surface area contributed by atoms with E-state index in [9.17, 15) is 14.4 Å². The number of hydrogen-bond acceptors (Lipinski definition) is 8. The Morgan fingerprint density at radius 3 is 1.07 bits per heavy atom. The molecule has 3 aromatic rings. The van der Waals surface area contributed by atoms with Crippen LogP contribution in [0.1, 0.15) is 140 Å². The van der Waals surface area contributed by atoms with Crippen molar-refractivity contribution in [3.63, 3.8) is 0 Å². The van der Waals surface area contributed by atoms with E-state index in [4.69, 9.17) is 23.7 Å². The lowest BCUT2D eigenvalue weighted by Crippen LogP contribution is -2.08. The van der Waals surface area contributed by atoms with Crippen LogP contribution in [0.2, 0.25) is 0 Å². The maximum Gasteiger partial charge on any atom is 0.343 e. The van der Waals surface area contributed by atoms with Crippen molar-refractivity contribution in [1.82, 2.24) is 0 Å². The minimum absolute atomic E-state index is 0.294. The van der Waals surface area contributed by atoms with Crippen LogP contribution in [-0.2, 0) is 19.1 Å². The normalized spacial score (nSPS) is 10.8. The maximum atomic E-state index is 12.8. The Balaban J connectivity index is 1.19. The Hall–Kier alpha value is -4.85. The van der Waals surface area contributed by atoms with Gasteiger partial charge in [0.05, 0.1) is 32.0 Å². The largest absolute Gasteiger partial charge is 0.494 e. The quantitative estimate of drug-likeness (QED) is 0.0275. The lowest BCUT2D eigenvalue weighted by molar-refractivity contribution is -0.139. The van der Waals surface area contributed by atoms with E-state index in [2.05, 4.69) is 13.2 Å². The zero-order valence-corrected chi connectivity index (χ0v) is 34.7. The summed E-state index contributed by atoms with van der Waals surface area (Å²) in [7, 11) is 0. The molecule has 57 heavy (non-hydrogen) atoms. The van der Waals surface area contributed by atoms with Crippen LogP contribution >= 0.6 is 0 Å². The average Bonchev–Trinajstić information content (AvgIpc) is 3.21. The number of ether oxygens (including phenoxy) is 5. The van der Waals surface area contributed by atoms with Crippen molar-refractivity contribution in [3.8, 4) is 28.4 Å². The van der Waals surface area contributed by atoms with E-state index in [1.165, 1.54) is 64.2 Å². The second-order valence-corrected chi connectivity index (χ2v) is 14.9. The molecule has 0 saturated carbocycles. The third-order valence-corrected chi connectivity index (χ3v) is 9.62. The third-order valence-electron chi connectivity index (χ3n) is 9.62. The van der Waals surface area contributed by atoms with Crippen LogP contribution in [0.5, 0.6) is 17.2 Å². The number of benzene rings is 3. The summed E-state index contributed by atoms with van der Waals surface area (Å²) >= 11 is 0. The molecule has 0 fully saturated rings. The van der Waals surface area contributed by atoms with Gasteiger partial charge in [0.25, 0.3) is 0 Å². The van der Waals surface area contributed by atoms with Crippen molar-refractivity contribution in [2.75, 3.05) is 26.4 Å². The molecule has 0 amide bonds. The molecule has 0 atom stereocenters. The Bertz CT molecular complexity index is 1610. The second-order valence-electron chi connectivity index (χ2n) is 14.9. The Labute approximate surface area is 342 Å². The Morgan fingerprint density at radius 2 is 0.702 bits per heavy atom. The summed E-state index contributed by atoms with van der Waals surface area (Å²) in [5, 5.41) is 0. The Kier molecular flexibility index (Phi) is 23.3. The molecule has 3 rings (SSSR count). The molecule has 0 aliphatic heterocycles. The summed E-state index contributed by atoms with van der Waals surface area (Å²) in [5.41, 5.74) is 3.46. The first-order chi connectivity index (χ1) is 27.7. The number of esters is 3. The molecule has 8 heteroatoms. The van der Waals surface area contributed by atoms with Gasteiger partial charge in [-0.1, -0.05) is 127 Å². The first-order valence-corrected chi connectivity index (χ1v) is 21.2. The van der Waals surface area contributed by atoms with Gasteiger partial charge in [-0.3, -0.25) is 0 Å². The van der Waals surface area contributed by atoms with Crippen LogP contribution < -0.4 is 14.2 Å². The summed E-state index contributed by atoms with van der Waals surface area (Å²) in [4.78, 5) is 35.5. The van der Waals surface area contributed by atoms with Crippen molar-refractivity contribution in [3.05, 3.63) is 103 Å². The van der Waals surface area contributed by atoms with Crippen LogP contribution in [0.15, 0.2) is 97.1 Å². The van der Waals surface area contributed by atoms with Gasteiger partial charge < -0.3 is 23.7 Å². The fraction of sp³-hybridized carbons (Fsp3) is 0.490. The highest BCUT2D eigenvalue weighted by Crippen LogP contribution is 2.25. The number of unbranched alkanes of at least 4 members (excludes halogenated alkanes) is 16. The number of carbonyl (C=O) groups excluding carboxylic acids is 3. The summed E-state index contributed by atoms with van der Waals surface area (Å²) in [6.07, 6.45) is 20.5. The molecule has 0 heterocycles. The molecule has 310 valence electrons. The van der Waals surface area contributed by atoms with Crippen LogP contribution in [0.3, 0.4) is 0 Å². The standard InChI is InChI=1S/C49H66O8/c1-39(2)47(50)55-37-21-17-13-9-5-7-11-15-19-35-53-44-29-27-42(28-30-44)41-23-25-43(26-24-41)49(52)57-46-33-31-45(32-34-46)54-36-20-16-12-8-6-10-14-18-22-38-56-48(51)40(3)4/h23-34H,1,3,5-22,35-38H2,2,4H3. The molecule has 0 radical (unpaired) electrons. The molecule has 0 aliphatic carbocycles. The number of hydrogen-bond donors (Lipinski definition) is 0. The van der Waals surface area contributed by atoms with Gasteiger partial charge in [-0.25, -0.2) is 14.4 Å². The molecular formula is C49H66O8. The summed E-state index contributed by atoms with van der Waals surface area (Å²) in [6.45, 7) is 12.9. The molecule has 0 unspecified atom stereocenters. The molecule has 0 spiro atoms. The number of carbonyl (C=O) groups is 3. The smallest absolute Gasteiger partial charge is 0.343 e. The van der Waals surface area contributed by atoms with E-state index in [1.54, 1.807) is 38.1 Å². The minimum atomic E-state index is -0.404. The maximum absolute atomic E-state index is 12.8. The third kappa shape index (κ3) is 20.8. The van der Waals surface area contributed by atoms with Crippen LogP contribution in [0, 0.1) is 0 Å². The van der Waals surface area contributed by atoms with Crippen molar-refractivity contribution in [1.29, 1.82) is 0 Å². The monoisotopic (exact) mass is 782 g/mol. The highest BCUT2D eigenvalue weighted by molar-refractivity contribution is 5.91. The molecule has 0 aromatic heterocycles. The van der Waals surface area contributed by atoms with Crippen molar-refractivity contribution >= 4 is 17.9 Å². The highest BCUT2D eigenvalue weighted by atomic mass is 16.5. The molecule has 8 nitrogen and oxygen atoms in total. The first kappa shape index (κ1) is 46.5. The van der Waals surface area contributed by atoms with E-state index in [0.29, 0.717) is 48.9 Å². The van der Waals surface area contributed by atoms with Gasteiger partial charge in [0.1, 0.15) is 17.2 Å². The van der Waals surface area contributed by atoms with Gasteiger partial charge >= 0.3 is 17.9 Å². The van der Waals surface area contributed by atoms with E-state index in [0.717, 1.165) is 74.0 Å². The van der Waals surface area contributed by atoms with E-state index < -0.39 is 5.97 Å². The summed E-state index contributed by atoms with van der Waals surface area (Å²) in [6, 6.07) is 22.7. The van der Waals surface area contributed by atoms with Crippen LogP contribution in [0.4, 0.5) is 0 Å². The van der Waals surface area contributed by atoms with Gasteiger partial charge in [0, 0.05) is 11.1 Å². The van der Waals surface area contributed by atoms with E-state index in [-0.39, 0.29) is 11.9 Å². The topological polar surface area (TPSA) is 97.4 Å². The molecular weight excluding hydrogens is 717 g/mol. The van der Waals surface area contributed by atoms with E-state index >= 15 is 0 Å². The van der Waals surface area contributed by atoms with Gasteiger partial charge in [-0.05, 0) is 99.2 Å². The lowest BCUT2D eigenvalue weighted by Gasteiger charge is -2.09. The van der Waals surface area contributed by atoms with Crippen LogP contribution in [-0.4, -0.2) is 44.3 Å². The molecule has 0 bridgehead atoms. The van der Waals surface area contributed by atoms with Gasteiger partial charge in [-0.15, -0.1) is 0 Å². The highest BCUT2D eigenvalue weighted by Gasteiger charge is 2.10. The summed E-state index contributed by atoms with van der Waals surface area (Å²) in [5.74, 6) is 1.10. The zero-order valence-electron chi connectivity index (χ0n) is 34.7. The SMILES string of the molecule is C=C(C)C(=O)OCCCCCCCCCCCOc1ccc(OC(=O)c2ccc(-c3ccc(OCCCCCCCCCCCOC(=O)C(=C)C)cc3)cc2)cc1. The minimum Gasteiger partial charge on any atom is -0.494 e. The predicted octanol–water partition coefficient (Wildman–Crippen LogP) is 12.6. The van der Waals surface area contributed by atoms with Crippen molar-refractivity contribution in [2.24, 2.45) is 0 Å². The van der Waals surface area contributed by atoms with E-state index in [1.807, 2.05) is 48.5 Å². The second kappa shape index (κ2) is 28.5. The fourth-order valence-electron chi connectivity index (χ4n) is 6.15. The van der Waals surface area contributed by atoms with Gasteiger partial charge in [0.15, 0.2) is 0 Å². The lowest BCUT2D eigenvalue weighted by atomic mass is 10.0.